The van der Waals surface area contributed by atoms with Gasteiger partial charge in [-0.3, -0.25) is 4.79 Å². The topological polar surface area (TPSA) is 29.1 Å². The van der Waals surface area contributed by atoms with Crippen molar-refractivity contribution in [3.63, 3.8) is 0 Å². The van der Waals surface area contributed by atoms with E-state index < -0.39 is 0 Å². The smallest absolute Gasteiger partial charge is 0.223 e. The van der Waals surface area contributed by atoms with Gasteiger partial charge in [-0.15, -0.1) is 0 Å². The molecule has 2 nitrogen and oxygen atoms in total. The molecule has 18 heavy (non-hydrogen) atoms. The Morgan fingerprint density at radius 3 is 2.61 bits per heavy atom. The predicted octanol–water partition coefficient (Wildman–Crippen LogP) is 3.28. The van der Waals surface area contributed by atoms with Gasteiger partial charge in [0.15, 0.2) is 0 Å². The fourth-order valence-corrected chi connectivity index (χ4v) is 3.77. The van der Waals surface area contributed by atoms with Crippen LogP contribution in [-0.4, -0.2) is 12.5 Å². The average molecular weight is 308 g/mol. The summed E-state index contributed by atoms with van der Waals surface area (Å²) in [6.07, 6.45) is 3.85. The lowest BCUT2D eigenvalue weighted by Gasteiger charge is -2.12. The molecule has 2 fully saturated rings. The first-order valence-electron chi connectivity index (χ1n) is 6.74. The Morgan fingerprint density at radius 2 is 1.94 bits per heavy atom. The number of rotatable bonds is 4. The summed E-state index contributed by atoms with van der Waals surface area (Å²) in [6, 6.07) is 10.2. The van der Waals surface area contributed by atoms with Crippen LogP contribution in [0.15, 0.2) is 30.3 Å². The summed E-state index contributed by atoms with van der Waals surface area (Å²) in [5, 5.41) is 3.09. The lowest BCUT2D eigenvalue weighted by molar-refractivity contribution is -0.123. The van der Waals surface area contributed by atoms with E-state index in [2.05, 4.69) is 33.4 Å². The molecule has 0 saturated heterocycles. The van der Waals surface area contributed by atoms with Crippen LogP contribution in [0, 0.1) is 17.8 Å². The van der Waals surface area contributed by atoms with Crippen LogP contribution in [0.1, 0.15) is 29.7 Å². The Hall–Kier alpha value is -0.830. The largest absolute Gasteiger partial charge is 0.354 e. The highest BCUT2D eigenvalue weighted by Gasteiger charge is 2.56. The first-order valence-corrected chi connectivity index (χ1v) is 7.65. The normalized spacial score (nSPS) is 30.6. The van der Waals surface area contributed by atoms with Crippen molar-refractivity contribution in [2.75, 3.05) is 6.54 Å². The van der Waals surface area contributed by atoms with Gasteiger partial charge in [0.2, 0.25) is 5.91 Å². The molecule has 2 saturated carbocycles. The van der Waals surface area contributed by atoms with E-state index in [1.807, 2.05) is 18.2 Å². The summed E-state index contributed by atoms with van der Waals surface area (Å²) in [5.41, 5.74) is 1.22. The molecule has 0 heterocycles. The molecule has 3 rings (SSSR count). The molecule has 2 aliphatic carbocycles. The van der Waals surface area contributed by atoms with Crippen molar-refractivity contribution in [1.82, 2.24) is 5.32 Å². The second-order valence-electron chi connectivity index (χ2n) is 5.41. The van der Waals surface area contributed by atoms with Crippen molar-refractivity contribution in [2.45, 2.75) is 24.1 Å². The van der Waals surface area contributed by atoms with Crippen LogP contribution in [0.25, 0.3) is 0 Å². The van der Waals surface area contributed by atoms with Crippen molar-refractivity contribution in [1.29, 1.82) is 0 Å². The van der Waals surface area contributed by atoms with Gasteiger partial charge in [0.1, 0.15) is 0 Å². The number of hydrogen-bond acceptors (Lipinski definition) is 1. The van der Waals surface area contributed by atoms with E-state index in [4.69, 9.17) is 0 Å². The standard InChI is InChI=1S/C15H18BrNO/c16-13(10-5-2-1-3-6-10)9-17-15(18)14-11-7-4-8-12(11)14/h1-3,5-6,11-14H,4,7-9H2,(H,17,18). The summed E-state index contributed by atoms with van der Waals surface area (Å²) in [7, 11) is 0. The Kier molecular flexibility index (Phi) is 3.42. The molecule has 0 bridgehead atoms. The first kappa shape index (κ1) is 12.2. The molecule has 96 valence electrons. The second kappa shape index (κ2) is 5.04. The maximum atomic E-state index is 12.0. The van der Waals surface area contributed by atoms with Crippen molar-refractivity contribution in [2.24, 2.45) is 17.8 Å². The van der Waals surface area contributed by atoms with Gasteiger partial charge in [-0.05, 0) is 30.2 Å². The fraction of sp³-hybridized carbons (Fsp3) is 0.533. The van der Waals surface area contributed by atoms with E-state index >= 15 is 0 Å². The van der Waals surface area contributed by atoms with Crippen molar-refractivity contribution in [3.8, 4) is 0 Å². The third-order valence-corrected chi connectivity index (χ3v) is 5.18. The molecule has 0 radical (unpaired) electrons. The molecule has 1 amide bonds. The van der Waals surface area contributed by atoms with Gasteiger partial charge in [0.25, 0.3) is 0 Å². The molecule has 3 unspecified atom stereocenters. The minimum Gasteiger partial charge on any atom is -0.354 e. The van der Waals surface area contributed by atoms with Gasteiger partial charge < -0.3 is 5.32 Å². The molecule has 1 N–H and O–H groups in total. The maximum Gasteiger partial charge on any atom is 0.223 e. The SMILES string of the molecule is O=C(NCC(Br)c1ccccc1)C1C2CCCC21. The molecule has 0 aliphatic heterocycles. The molecule has 1 aromatic carbocycles. The Bertz CT molecular complexity index is 423. The zero-order valence-corrected chi connectivity index (χ0v) is 11.9. The highest BCUT2D eigenvalue weighted by molar-refractivity contribution is 9.09. The Morgan fingerprint density at radius 1 is 1.28 bits per heavy atom. The van der Waals surface area contributed by atoms with Crippen molar-refractivity contribution >= 4 is 21.8 Å². The van der Waals surface area contributed by atoms with Crippen LogP contribution in [0.2, 0.25) is 0 Å². The Labute approximate surface area is 116 Å². The number of halogens is 1. The van der Waals surface area contributed by atoms with Gasteiger partial charge in [-0.25, -0.2) is 0 Å². The molecular formula is C15H18BrNO. The van der Waals surface area contributed by atoms with Crippen LogP contribution >= 0.6 is 15.9 Å². The number of carbonyl (C=O) groups is 1. The van der Waals surface area contributed by atoms with Gasteiger partial charge in [0.05, 0.1) is 4.83 Å². The van der Waals surface area contributed by atoms with Crippen LogP contribution in [0.3, 0.4) is 0 Å². The predicted molar refractivity (Wildman–Crippen MR) is 75.4 cm³/mol. The number of hydrogen-bond donors (Lipinski definition) is 1. The second-order valence-corrected chi connectivity index (χ2v) is 6.51. The molecule has 0 spiro atoms. The molecule has 0 aromatic heterocycles. The van der Waals surface area contributed by atoms with E-state index in [1.165, 1.54) is 24.8 Å². The monoisotopic (exact) mass is 307 g/mol. The van der Waals surface area contributed by atoms with Crippen LogP contribution in [0.4, 0.5) is 0 Å². The van der Waals surface area contributed by atoms with E-state index in [-0.39, 0.29) is 10.7 Å². The summed E-state index contributed by atoms with van der Waals surface area (Å²) in [4.78, 5) is 12.2. The molecule has 3 atom stereocenters. The van der Waals surface area contributed by atoms with Crippen LogP contribution < -0.4 is 5.32 Å². The third-order valence-electron chi connectivity index (χ3n) is 4.33. The maximum absolute atomic E-state index is 12.0. The molecule has 2 aliphatic rings. The quantitative estimate of drug-likeness (QED) is 0.850. The number of benzene rings is 1. The van der Waals surface area contributed by atoms with Gasteiger partial charge >= 0.3 is 0 Å². The minimum atomic E-state index is 0.209. The van der Waals surface area contributed by atoms with Crippen LogP contribution in [0.5, 0.6) is 0 Å². The van der Waals surface area contributed by atoms with E-state index in [1.54, 1.807) is 0 Å². The number of nitrogens with one attached hydrogen (secondary N) is 1. The summed E-state index contributed by atoms with van der Waals surface area (Å²) >= 11 is 3.63. The minimum absolute atomic E-state index is 0.209. The third kappa shape index (κ3) is 2.33. The van der Waals surface area contributed by atoms with E-state index in [9.17, 15) is 4.79 Å². The fourth-order valence-electron chi connectivity index (χ4n) is 3.30. The van der Waals surface area contributed by atoms with E-state index in [0.29, 0.717) is 24.3 Å². The number of carbonyl (C=O) groups excluding carboxylic acids is 1. The van der Waals surface area contributed by atoms with Crippen molar-refractivity contribution < 1.29 is 4.79 Å². The molecular weight excluding hydrogens is 290 g/mol. The average Bonchev–Trinajstić information content (AvgIpc) is 2.90. The zero-order chi connectivity index (χ0) is 12.5. The Balaban J connectivity index is 1.48. The highest BCUT2D eigenvalue weighted by atomic mass is 79.9. The molecule has 1 aromatic rings. The zero-order valence-electron chi connectivity index (χ0n) is 10.3. The van der Waals surface area contributed by atoms with Crippen molar-refractivity contribution in [3.05, 3.63) is 35.9 Å². The van der Waals surface area contributed by atoms with Gasteiger partial charge in [-0.1, -0.05) is 52.7 Å². The lowest BCUT2D eigenvalue weighted by Crippen LogP contribution is -2.29. The lowest BCUT2D eigenvalue weighted by atomic mass is 10.1. The van der Waals surface area contributed by atoms with Crippen LogP contribution in [-0.2, 0) is 4.79 Å². The van der Waals surface area contributed by atoms with Gasteiger partial charge in [0, 0.05) is 12.5 Å². The number of fused-ring (bicyclic) bond motifs is 1. The summed E-state index contributed by atoms with van der Waals surface area (Å²) < 4.78 is 0. The summed E-state index contributed by atoms with van der Waals surface area (Å²) in [6.45, 7) is 0.679. The highest BCUT2D eigenvalue weighted by Crippen LogP contribution is 2.57. The number of alkyl halides is 1. The summed E-state index contributed by atoms with van der Waals surface area (Å²) in [5.74, 6) is 2.00. The van der Waals surface area contributed by atoms with Gasteiger partial charge in [-0.2, -0.15) is 0 Å². The number of amides is 1. The first-order chi connectivity index (χ1) is 8.77. The molecule has 3 heteroatoms. The van der Waals surface area contributed by atoms with E-state index in [0.717, 1.165) is 0 Å².